The molecule has 102 valence electrons. The molecule has 0 aliphatic carbocycles. The molecule has 1 aromatic carbocycles. The topological polar surface area (TPSA) is 73.2 Å². The van der Waals surface area contributed by atoms with Gasteiger partial charge in [0.2, 0.25) is 0 Å². The third-order valence-corrected chi connectivity index (χ3v) is 2.96. The Bertz CT molecular complexity index is 549. The number of hydrogen-bond donors (Lipinski definition) is 2. The number of benzene rings is 1. The minimum Gasteiger partial charge on any atom is -0.493 e. The number of rotatable bonds is 5. The van der Waals surface area contributed by atoms with Gasteiger partial charge < -0.3 is 20.2 Å². The summed E-state index contributed by atoms with van der Waals surface area (Å²) in [5.74, 6) is 2.33. The van der Waals surface area contributed by atoms with Crippen LogP contribution in [0.3, 0.4) is 0 Å². The van der Waals surface area contributed by atoms with E-state index in [1.807, 2.05) is 25.1 Å². The van der Waals surface area contributed by atoms with E-state index in [4.69, 9.17) is 15.2 Å². The summed E-state index contributed by atoms with van der Waals surface area (Å²) < 4.78 is 10.5. The molecule has 3 N–H and O–H groups in total. The van der Waals surface area contributed by atoms with Crippen LogP contribution in [0.25, 0.3) is 0 Å². The molecule has 1 heterocycles. The fraction of sp³-hybridized carbons (Fsp3) is 0.357. The lowest BCUT2D eigenvalue weighted by Gasteiger charge is -2.08. The Morgan fingerprint density at radius 3 is 2.58 bits per heavy atom. The molecule has 0 aliphatic rings. The molecule has 2 rings (SSSR count). The standard InChI is InChI=1S/C14H19N3O2/c1-9(15)11-8-16-14(17-11)7-10-4-5-12(18-2)13(6-10)19-3/h4-6,8-9H,7,15H2,1-3H3,(H,16,17). The first-order chi connectivity index (χ1) is 9.13. The zero-order valence-corrected chi connectivity index (χ0v) is 11.4. The number of nitrogens with zero attached hydrogens (tertiary/aromatic N) is 1. The minimum atomic E-state index is -0.0355. The zero-order valence-electron chi connectivity index (χ0n) is 11.4. The van der Waals surface area contributed by atoms with Crippen LogP contribution in [0, 0.1) is 0 Å². The summed E-state index contributed by atoms with van der Waals surface area (Å²) >= 11 is 0. The van der Waals surface area contributed by atoms with Gasteiger partial charge in [0.25, 0.3) is 0 Å². The maximum Gasteiger partial charge on any atom is 0.161 e. The van der Waals surface area contributed by atoms with Crippen LogP contribution < -0.4 is 15.2 Å². The minimum absolute atomic E-state index is 0.0355. The van der Waals surface area contributed by atoms with Crippen LogP contribution >= 0.6 is 0 Å². The highest BCUT2D eigenvalue weighted by Crippen LogP contribution is 2.28. The van der Waals surface area contributed by atoms with Crippen LogP contribution in [0.15, 0.2) is 24.4 Å². The SMILES string of the molecule is COc1ccc(Cc2ncc(C(C)N)[nH]2)cc1OC. The molecular weight excluding hydrogens is 242 g/mol. The molecular formula is C14H19N3O2. The van der Waals surface area contributed by atoms with E-state index in [0.29, 0.717) is 6.42 Å². The van der Waals surface area contributed by atoms with Crippen molar-refractivity contribution in [3.8, 4) is 11.5 Å². The highest BCUT2D eigenvalue weighted by atomic mass is 16.5. The van der Waals surface area contributed by atoms with E-state index in [-0.39, 0.29) is 6.04 Å². The monoisotopic (exact) mass is 261 g/mol. The summed E-state index contributed by atoms with van der Waals surface area (Å²) in [6.07, 6.45) is 2.48. The van der Waals surface area contributed by atoms with Gasteiger partial charge in [0.15, 0.2) is 11.5 Å². The first-order valence-corrected chi connectivity index (χ1v) is 6.14. The molecule has 0 aliphatic heterocycles. The number of methoxy groups -OCH3 is 2. The van der Waals surface area contributed by atoms with Crippen molar-refractivity contribution in [2.75, 3.05) is 14.2 Å². The van der Waals surface area contributed by atoms with Gasteiger partial charge in [-0.3, -0.25) is 0 Å². The lowest BCUT2D eigenvalue weighted by Crippen LogP contribution is -2.05. The number of aromatic nitrogens is 2. The highest BCUT2D eigenvalue weighted by Gasteiger charge is 2.08. The van der Waals surface area contributed by atoms with Crippen LogP contribution in [-0.2, 0) is 6.42 Å². The molecule has 5 nitrogen and oxygen atoms in total. The van der Waals surface area contributed by atoms with Crippen molar-refractivity contribution in [1.82, 2.24) is 9.97 Å². The molecule has 0 saturated carbocycles. The Balaban J connectivity index is 2.18. The smallest absolute Gasteiger partial charge is 0.161 e. The molecule has 0 saturated heterocycles. The Morgan fingerprint density at radius 1 is 1.26 bits per heavy atom. The highest BCUT2D eigenvalue weighted by molar-refractivity contribution is 5.43. The second kappa shape index (κ2) is 5.75. The van der Waals surface area contributed by atoms with E-state index in [1.54, 1.807) is 20.4 Å². The van der Waals surface area contributed by atoms with Gasteiger partial charge in [-0.15, -0.1) is 0 Å². The van der Waals surface area contributed by atoms with Gasteiger partial charge in [-0.05, 0) is 24.6 Å². The zero-order chi connectivity index (χ0) is 13.8. The van der Waals surface area contributed by atoms with Crippen molar-refractivity contribution in [3.63, 3.8) is 0 Å². The lowest BCUT2D eigenvalue weighted by atomic mass is 10.1. The Labute approximate surface area is 112 Å². The van der Waals surface area contributed by atoms with E-state index >= 15 is 0 Å². The molecule has 2 aromatic rings. The molecule has 0 spiro atoms. The molecule has 0 fully saturated rings. The Morgan fingerprint density at radius 2 is 2.00 bits per heavy atom. The first kappa shape index (κ1) is 13.4. The molecule has 0 amide bonds. The first-order valence-electron chi connectivity index (χ1n) is 6.14. The predicted molar refractivity (Wildman–Crippen MR) is 73.5 cm³/mol. The van der Waals surface area contributed by atoms with E-state index in [2.05, 4.69) is 9.97 Å². The maximum atomic E-state index is 5.80. The van der Waals surface area contributed by atoms with E-state index in [1.165, 1.54) is 0 Å². The van der Waals surface area contributed by atoms with Crippen molar-refractivity contribution in [3.05, 3.63) is 41.5 Å². The van der Waals surface area contributed by atoms with Crippen LogP contribution in [-0.4, -0.2) is 24.2 Å². The molecule has 19 heavy (non-hydrogen) atoms. The lowest BCUT2D eigenvalue weighted by molar-refractivity contribution is 0.354. The van der Waals surface area contributed by atoms with Crippen LogP contribution in [0.4, 0.5) is 0 Å². The number of hydrogen-bond acceptors (Lipinski definition) is 4. The number of nitrogens with one attached hydrogen (secondary N) is 1. The molecule has 1 unspecified atom stereocenters. The molecule has 1 atom stereocenters. The summed E-state index contributed by atoms with van der Waals surface area (Å²) in [7, 11) is 3.25. The van der Waals surface area contributed by atoms with Gasteiger partial charge in [0.05, 0.1) is 19.9 Å². The van der Waals surface area contributed by atoms with Gasteiger partial charge in [-0.1, -0.05) is 6.07 Å². The van der Waals surface area contributed by atoms with Gasteiger partial charge in [0, 0.05) is 18.7 Å². The van der Waals surface area contributed by atoms with Crippen molar-refractivity contribution in [2.24, 2.45) is 5.73 Å². The summed E-state index contributed by atoms with van der Waals surface area (Å²) in [4.78, 5) is 7.54. The number of nitrogens with two attached hydrogens (primary N) is 1. The number of H-pyrrole nitrogens is 1. The third kappa shape index (κ3) is 3.06. The number of aromatic amines is 1. The summed E-state index contributed by atoms with van der Waals surface area (Å²) in [5.41, 5.74) is 7.84. The Hall–Kier alpha value is -2.01. The molecule has 0 radical (unpaired) electrons. The average Bonchev–Trinajstić information content (AvgIpc) is 2.87. The largest absolute Gasteiger partial charge is 0.493 e. The fourth-order valence-corrected chi connectivity index (χ4v) is 1.88. The molecule has 1 aromatic heterocycles. The van der Waals surface area contributed by atoms with Gasteiger partial charge in [-0.2, -0.15) is 0 Å². The third-order valence-electron chi connectivity index (χ3n) is 2.96. The number of ether oxygens (including phenoxy) is 2. The summed E-state index contributed by atoms with van der Waals surface area (Å²) in [5, 5.41) is 0. The summed E-state index contributed by atoms with van der Waals surface area (Å²) in [6.45, 7) is 1.92. The Kier molecular flexibility index (Phi) is 4.06. The van der Waals surface area contributed by atoms with Crippen molar-refractivity contribution in [1.29, 1.82) is 0 Å². The molecule has 0 bridgehead atoms. The van der Waals surface area contributed by atoms with Crippen molar-refractivity contribution >= 4 is 0 Å². The second-order valence-corrected chi connectivity index (χ2v) is 4.44. The van der Waals surface area contributed by atoms with Crippen LogP contribution in [0.2, 0.25) is 0 Å². The van der Waals surface area contributed by atoms with Gasteiger partial charge in [-0.25, -0.2) is 4.98 Å². The van der Waals surface area contributed by atoms with Gasteiger partial charge >= 0.3 is 0 Å². The average molecular weight is 261 g/mol. The van der Waals surface area contributed by atoms with E-state index in [0.717, 1.165) is 28.6 Å². The fourth-order valence-electron chi connectivity index (χ4n) is 1.88. The van der Waals surface area contributed by atoms with E-state index in [9.17, 15) is 0 Å². The van der Waals surface area contributed by atoms with E-state index < -0.39 is 0 Å². The summed E-state index contributed by atoms with van der Waals surface area (Å²) in [6, 6.07) is 5.80. The maximum absolute atomic E-state index is 5.80. The van der Waals surface area contributed by atoms with Crippen LogP contribution in [0.1, 0.15) is 30.0 Å². The quantitative estimate of drug-likeness (QED) is 0.863. The predicted octanol–water partition coefficient (Wildman–Crippen LogP) is 2.04. The van der Waals surface area contributed by atoms with Crippen molar-refractivity contribution < 1.29 is 9.47 Å². The second-order valence-electron chi connectivity index (χ2n) is 4.44. The van der Waals surface area contributed by atoms with Crippen LogP contribution in [0.5, 0.6) is 11.5 Å². The normalized spacial score (nSPS) is 12.2. The van der Waals surface area contributed by atoms with Crippen molar-refractivity contribution in [2.45, 2.75) is 19.4 Å². The molecule has 5 heteroatoms. The van der Waals surface area contributed by atoms with Gasteiger partial charge in [0.1, 0.15) is 5.82 Å². The number of imidazole rings is 1.